The highest BCUT2D eigenvalue weighted by Gasteiger charge is 2.24. The summed E-state index contributed by atoms with van der Waals surface area (Å²) < 4.78 is 0. The van der Waals surface area contributed by atoms with Crippen molar-refractivity contribution in [2.45, 2.75) is 32.2 Å². The van der Waals surface area contributed by atoms with E-state index in [1.54, 1.807) is 0 Å². The molecule has 0 bridgehead atoms. The van der Waals surface area contributed by atoms with Crippen LogP contribution in [0.5, 0.6) is 0 Å². The van der Waals surface area contributed by atoms with Crippen LogP contribution in [0.2, 0.25) is 0 Å². The zero-order valence-electron chi connectivity index (χ0n) is 12.3. The van der Waals surface area contributed by atoms with E-state index in [9.17, 15) is 9.59 Å². The molecular weight excluding hydrogens is 266 g/mol. The predicted molar refractivity (Wildman–Crippen MR) is 81.4 cm³/mol. The van der Waals surface area contributed by atoms with Gasteiger partial charge in [0.1, 0.15) is 0 Å². The summed E-state index contributed by atoms with van der Waals surface area (Å²) in [4.78, 5) is 25.5. The van der Waals surface area contributed by atoms with Gasteiger partial charge in [-0.05, 0) is 43.0 Å². The van der Waals surface area contributed by atoms with Crippen molar-refractivity contribution >= 4 is 17.5 Å². The smallest absolute Gasteiger partial charge is 0.253 e. The van der Waals surface area contributed by atoms with Crippen LogP contribution in [0.3, 0.4) is 0 Å². The number of anilines is 1. The van der Waals surface area contributed by atoms with E-state index in [2.05, 4.69) is 10.6 Å². The molecule has 21 heavy (non-hydrogen) atoms. The third-order valence-electron chi connectivity index (χ3n) is 4.25. The molecule has 0 radical (unpaired) electrons. The molecule has 0 spiro atoms. The predicted octanol–water partition coefficient (Wildman–Crippen LogP) is 1.40. The Kier molecular flexibility index (Phi) is 3.82. The van der Waals surface area contributed by atoms with Gasteiger partial charge in [0, 0.05) is 43.9 Å². The molecule has 2 aliphatic rings. The molecule has 2 amide bonds. The van der Waals surface area contributed by atoms with Gasteiger partial charge in [0.2, 0.25) is 5.91 Å². The number of hydrogen-bond acceptors (Lipinski definition) is 3. The second-order valence-electron chi connectivity index (χ2n) is 5.82. The molecule has 2 heterocycles. The lowest BCUT2D eigenvalue weighted by atomic mass is 10.0. The standard InChI is InChI=1S/C16H21N3O2/c1-11(20)18-14-5-8-19(9-6-14)16(21)13-2-3-15-12(10-13)4-7-17-15/h2-3,10,14,17H,4-9H2,1H3,(H,18,20). The fourth-order valence-corrected chi connectivity index (χ4v) is 3.13. The monoisotopic (exact) mass is 287 g/mol. The molecule has 1 aromatic carbocycles. The van der Waals surface area contributed by atoms with Crippen molar-refractivity contribution < 1.29 is 9.59 Å². The summed E-state index contributed by atoms with van der Waals surface area (Å²) in [6.45, 7) is 3.91. The average molecular weight is 287 g/mol. The Morgan fingerprint density at radius 2 is 2.05 bits per heavy atom. The maximum Gasteiger partial charge on any atom is 0.253 e. The topological polar surface area (TPSA) is 61.4 Å². The first-order valence-corrected chi connectivity index (χ1v) is 7.56. The van der Waals surface area contributed by atoms with Gasteiger partial charge in [-0.1, -0.05) is 0 Å². The van der Waals surface area contributed by atoms with Gasteiger partial charge in [-0.15, -0.1) is 0 Å². The van der Waals surface area contributed by atoms with Crippen LogP contribution in [0.4, 0.5) is 5.69 Å². The minimum atomic E-state index is 0.00546. The lowest BCUT2D eigenvalue weighted by Crippen LogP contribution is -2.46. The number of amides is 2. The Balaban J connectivity index is 1.63. The highest BCUT2D eigenvalue weighted by Crippen LogP contribution is 2.24. The van der Waals surface area contributed by atoms with Crippen LogP contribution in [-0.4, -0.2) is 42.4 Å². The summed E-state index contributed by atoms with van der Waals surface area (Å²) in [5.74, 6) is 0.108. The lowest BCUT2D eigenvalue weighted by molar-refractivity contribution is -0.119. The fraction of sp³-hybridized carbons (Fsp3) is 0.500. The molecule has 0 aromatic heterocycles. The van der Waals surface area contributed by atoms with Crippen LogP contribution in [0.1, 0.15) is 35.7 Å². The van der Waals surface area contributed by atoms with Crippen LogP contribution >= 0.6 is 0 Å². The van der Waals surface area contributed by atoms with E-state index in [1.807, 2.05) is 23.1 Å². The molecule has 1 fully saturated rings. The quantitative estimate of drug-likeness (QED) is 0.864. The second kappa shape index (κ2) is 5.76. The van der Waals surface area contributed by atoms with Crippen LogP contribution in [0.25, 0.3) is 0 Å². The minimum absolute atomic E-state index is 0.00546. The molecule has 0 unspecified atom stereocenters. The average Bonchev–Trinajstić information content (AvgIpc) is 2.94. The number of rotatable bonds is 2. The Morgan fingerprint density at radius 1 is 1.29 bits per heavy atom. The number of fused-ring (bicyclic) bond motifs is 1. The summed E-state index contributed by atoms with van der Waals surface area (Å²) in [5, 5.41) is 6.23. The minimum Gasteiger partial charge on any atom is -0.384 e. The number of nitrogens with zero attached hydrogens (tertiary/aromatic N) is 1. The van der Waals surface area contributed by atoms with Gasteiger partial charge in [0.05, 0.1) is 0 Å². The van der Waals surface area contributed by atoms with Crippen molar-refractivity contribution in [2.24, 2.45) is 0 Å². The summed E-state index contributed by atoms with van der Waals surface area (Å²) in [6.07, 6.45) is 2.65. The first-order chi connectivity index (χ1) is 10.1. The Morgan fingerprint density at radius 3 is 2.76 bits per heavy atom. The molecule has 1 aromatic rings. The van der Waals surface area contributed by atoms with Crippen molar-refractivity contribution in [3.05, 3.63) is 29.3 Å². The molecule has 5 heteroatoms. The van der Waals surface area contributed by atoms with Gasteiger partial charge in [0.15, 0.2) is 0 Å². The molecule has 0 saturated carbocycles. The zero-order valence-corrected chi connectivity index (χ0v) is 12.3. The van der Waals surface area contributed by atoms with Crippen molar-refractivity contribution in [1.82, 2.24) is 10.2 Å². The number of nitrogens with one attached hydrogen (secondary N) is 2. The van der Waals surface area contributed by atoms with Crippen molar-refractivity contribution in [2.75, 3.05) is 25.0 Å². The Hall–Kier alpha value is -2.04. The summed E-state index contributed by atoms with van der Waals surface area (Å²) in [5.41, 5.74) is 3.15. The summed E-state index contributed by atoms with van der Waals surface area (Å²) in [7, 11) is 0. The van der Waals surface area contributed by atoms with E-state index >= 15 is 0 Å². The highest BCUT2D eigenvalue weighted by molar-refractivity contribution is 5.95. The number of piperidine rings is 1. The molecule has 2 N–H and O–H groups in total. The normalized spacial score (nSPS) is 18.0. The zero-order chi connectivity index (χ0) is 14.8. The van der Waals surface area contributed by atoms with E-state index < -0.39 is 0 Å². The summed E-state index contributed by atoms with van der Waals surface area (Å²) >= 11 is 0. The van der Waals surface area contributed by atoms with E-state index in [1.165, 1.54) is 12.5 Å². The van der Waals surface area contributed by atoms with Crippen LogP contribution < -0.4 is 10.6 Å². The van der Waals surface area contributed by atoms with Crippen molar-refractivity contribution in [3.8, 4) is 0 Å². The van der Waals surface area contributed by atoms with Crippen LogP contribution in [0.15, 0.2) is 18.2 Å². The van der Waals surface area contributed by atoms with Crippen molar-refractivity contribution in [1.29, 1.82) is 0 Å². The van der Waals surface area contributed by atoms with Gasteiger partial charge < -0.3 is 15.5 Å². The van der Waals surface area contributed by atoms with Gasteiger partial charge in [-0.25, -0.2) is 0 Å². The first kappa shape index (κ1) is 13.9. The molecule has 0 atom stereocenters. The van der Waals surface area contributed by atoms with Gasteiger partial charge in [-0.2, -0.15) is 0 Å². The maximum absolute atomic E-state index is 12.5. The molecule has 112 valence electrons. The number of carbonyl (C=O) groups is 2. The van der Waals surface area contributed by atoms with E-state index in [4.69, 9.17) is 0 Å². The fourth-order valence-electron chi connectivity index (χ4n) is 3.13. The third kappa shape index (κ3) is 3.01. The molecule has 3 rings (SSSR count). The molecular formula is C16H21N3O2. The van der Waals surface area contributed by atoms with Gasteiger partial charge in [-0.3, -0.25) is 9.59 Å². The molecule has 5 nitrogen and oxygen atoms in total. The first-order valence-electron chi connectivity index (χ1n) is 7.56. The van der Waals surface area contributed by atoms with E-state index in [0.29, 0.717) is 13.1 Å². The van der Waals surface area contributed by atoms with E-state index in [0.717, 1.165) is 37.1 Å². The lowest BCUT2D eigenvalue weighted by Gasteiger charge is -2.32. The number of likely N-dealkylation sites (tertiary alicyclic amines) is 1. The second-order valence-corrected chi connectivity index (χ2v) is 5.82. The Bertz CT molecular complexity index is 563. The summed E-state index contributed by atoms with van der Waals surface area (Å²) in [6, 6.07) is 6.12. The highest BCUT2D eigenvalue weighted by atomic mass is 16.2. The van der Waals surface area contributed by atoms with Gasteiger partial charge in [0.25, 0.3) is 5.91 Å². The number of hydrogen-bond donors (Lipinski definition) is 2. The maximum atomic E-state index is 12.5. The molecule has 0 aliphatic carbocycles. The van der Waals surface area contributed by atoms with Crippen molar-refractivity contribution in [3.63, 3.8) is 0 Å². The van der Waals surface area contributed by atoms with Crippen LogP contribution in [-0.2, 0) is 11.2 Å². The largest absolute Gasteiger partial charge is 0.384 e. The molecule has 2 aliphatic heterocycles. The Labute approximate surface area is 124 Å². The SMILES string of the molecule is CC(=O)NC1CCN(C(=O)c2ccc3c(c2)CCN3)CC1. The number of carbonyl (C=O) groups excluding carboxylic acids is 2. The van der Waals surface area contributed by atoms with Crippen LogP contribution in [0, 0.1) is 0 Å². The molecule has 1 saturated heterocycles. The van der Waals surface area contributed by atoms with Gasteiger partial charge >= 0.3 is 0 Å². The van der Waals surface area contributed by atoms with E-state index in [-0.39, 0.29) is 17.9 Å². The third-order valence-corrected chi connectivity index (χ3v) is 4.25. The number of benzene rings is 1.